The molecule has 1 aliphatic carbocycles. The number of hydrogen-bond donors (Lipinski definition) is 1. The van der Waals surface area contributed by atoms with Crippen LogP contribution in [0.4, 0.5) is 0 Å². The number of nitrogens with zero attached hydrogens (tertiary/aromatic N) is 3. The molecule has 0 spiro atoms. The number of ether oxygens (including phenoxy) is 1. The molecule has 1 aliphatic rings. The Balaban J connectivity index is 1.51. The van der Waals surface area contributed by atoms with E-state index in [0.717, 1.165) is 24.1 Å². The van der Waals surface area contributed by atoms with Crippen LogP contribution >= 0.6 is 0 Å². The maximum absolute atomic E-state index is 13.3. The lowest BCUT2D eigenvalue weighted by molar-refractivity contribution is 0.0525. The first-order valence-corrected chi connectivity index (χ1v) is 10.9. The van der Waals surface area contributed by atoms with Crippen LogP contribution in [-0.4, -0.2) is 45.1 Å². The Morgan fingerprint density at radius 2 is 1.70 bits per heavy atom. The van der Waals surface area contributed by atoms with Gasteiger partial charge in [0.05, 0.1) is 24.2 Å². The van der Waals surface area contributed by atoms with Gasteiger partial charge in [0.2, 0.25) is 5.91 Å². The Morgan fingerprint density at radius 1 is 1.06 bits per heavy atom. The Kier molecular flexibility index (Phi) is 6.26. The molecule has 8 heteroatoms. The number of rotatable bonds is 8. The maximum atomic E-state index is 13.3. The summed E-state index contributed by atoms with van der Waals surface area (Å²) >= 11 is 0. The molecule has 1 aromatic heterocycles. The van der Waals surface area contributed by atoms with E-state index >= 15 is 0 Å². The van der Waals surface area contributed by atoms with Crippen molar-refractivity contribution in [3.05, 3.63) is 82.7 Å². The predicted molar refractivity (Wildman–Crippen MR) is 122 cm³/mol. The Labute approximate surface area is 191 Å². The van der Waals surface area contributed by atoms with Gasteiger partial charge in [-0.3, -0.25) is 9.59 Å². The molecule has 170 valence electrons. The molecule has 1 saturated carbocycles. The van der Waals surface area contributed by atoms with Gasteiger partial charge in [-0.15, -0.1) is 0 Å². The van der Waals surface area contributed by atoms with Gasteiger partial charge in [0, 0.05) is 23.7 Å². The van der Waals surface area contributed by atoms with Gasteiger partial charge in [-0.05, 0) is 68.7 Å². The normalized spacial score (nSPS) is 12.9. The molecule has 0 bridgehead atoms. The standard InChI is InChI=1S/C25H26N4O4/c1-3-33-25(32)22-14-27-29(16(22)2)21-10-8-19(9-11-21)24(31)28(20-12-13-20)15-17-4-6-18(7-5-17)23(26)30/h4-11,14,20H,3,12-13,15H2,1-2H3,(H2,26,30). The molecule has 2 aromatic carbocycles. The van der Waals surface area contributed by atoms with Crippen molar-refractivity contribution in [3.8, 4) is 5.69 Å². The van der Waals surface area contributed by atoms with Crippen LogP contribution in [0.25, 0.3) is 5.69 Å². The van der Waals surface area contributed by atoms with E-state index < -0.39 is 11.9 Å². The zero-order valence-electron chi connectivity index (χ0n) is 18.7. The number of hydrogen-bond acceptors (Lipinski definition) is 5. The summed E-state index contributed by atoms with van der Waals surface area (Å²) in [5.41, 5.74) is 9.11. The fourth-order valence-electron chi connectivity index (χ4n) is 3.71. The monoisotopic (exact) mass is 446 g/mol. The van der Waals surface area contributed by atoms with Gasteiger partial charge in [-0.2, -0.15) is 5.10 Å². The highest BCUT2D eigenvalue weighted by Crippen LogP contribution is 2.30. The van der Waals surface area contributed by atoms with Crippen LogP contribution in [0.15, 0.2) is 54.7 Å². The number of carbonyl (C=O) groups is 3. The average molecular weight is 447 g/mol. The molecule has 0 saturated heterocycles. The van der Waals surface area contributed by atoms with Crippen LogP contribution < -0.4 is 5.73 Å². The SMILES string of the molecule is CCOC(=O)c1cnn(-c2ccc(C(=O)N(Cc3ccc(C(N)=O)cc3)C3CC3)cc2)c1C. The largest absolute Gasteiger partial charge is 0.462 e. The van der Waals surface area contributed by atoms with Crippen molar-refractivity contribution >= 4 is 17.8 Å². The third-order valence-electron chi connectivity index (χ3n) is 5.70. The number of nitrogens with two attached hydrogens (primary N) is 1. The molecule has 8 nitrogen and oxygen atoms in total. The summed E-state index contributed by atoms with van der Waals surface area (Å²) in [6.07, 6.45) is 3.45. The molecule has 2 amide bonds. The molecule has 1 heterocycles. The van der Waals surface area contributed by atoms with Crippen molar-refractivity contribution < 1.29 is 19.1 Å². The second-order valence-corrected chi connectivity index (χ2v) is 8.05. The van der Waals surface area contributed by atoms with Crippen molar-refractivity contribution in [1.82, 2.24) is 14.7 Å². The first-order valence-electron chi connectivity index (χ1n) is 10.9. The molecule has 0 radical (unpaired) electrons. The number of benzene rings is 2. The van der Waals surface area contributed by atoms with Gasteiger partial charge in [-0.1, -0.05) is 12.1 Å². The summed E-state index contributed by atoms with van der Waals surface area (Å²) in [4.78, 5) is 38.5. The van der Waals surface area contributed by atoms with E-state index in [0.29, 0.717) is 35.5 Å². The lowest BCUT2D eigenvalue weighted by atomic mass is 10.1. The molecular formula is C25H26N4O4. The highest BCUT2D eigenvalue weighted by Gasteiger charge is 2.33. The van der Waals surface area contributed by atoms with Gasteiger partial charge in [-0.25, -0.2) is 9.48 Å². The highest BCUT2D eigenvalue weighted by atomic mass is 16.5. The van der Waals surface area contributed by atoms with Crippen LogP contribution in [0.3, 0.4) is 0 Å². The Hall–Kier alpha value is -3.94. The first-order chi connectivity index (χ1) is 15.9. The minimum Gasteiger partial charge on any atom is -0.462 e. The van der Waals surface area contributed by atoms with E-state index in [1.165, 1.54) is 6.20 Å². The summed E-state index contributed by atoms with van der Waals surface area (Å²) in [6.45, 7) is 4.32. The van der Waals surface area contributed by atoms with Gasteiger partial charge < -0.3 is 15.4 Å². The molecule has 2 N–H and O–H groups in total. The average Bonchev–Trinajstić information content (AvgIpc) is 3.58. The predicted octanol–water partition coefficient (Wildman–Crippen LogP) is 3.26. The molecule has 33 heavy (non-hydrogen) atoms. The Bertz CT molecular complexity index is 1180. The summed E-state index contributed by atoms with van der Waals surface area (Å²) < 4.78 is 6.72. The van der Waals surface area contributed by atoms with Gasteiger partial charge >= 0.3 is 5.97 Å². The van der Waals surface area contributed by atoms with Crippen molar-refractivity contribution in [3.63, 3.8) is 0 Å². The molecule has 0 aliphatic heterocycles. The van der Waals surface area contributed by atoms with Crippen LogP contribution in [0, 0.1) is 6.92 Å². The van der Waals surface area contributed by atoms with E-state index in [2.05, 4.69) is 5.10 Å². The van der Waals surface area contributed by atoms with E-state index in [1.54, 1.807) is 42.8 Å². The summed E-state index contributed by atoms with van der Waals surface area (Å²) in [7, 11) is 0. The maximum Gasteiger partial charge on any atom is 0.341 e. The number of esters is 1. The van der Waals surface area contributed by atoms with Gasteiger partial charge in [0.15, 0.2) is 0 Å². The third-order valence-corrected chi connectivity index (χ3v) is 5.70. The number of carbonyl (C=O) groups excluding carboxylic acids is 3. The molecule has 1 fully saturated rings. The quantitative estimate of drug-likeness (QED) is 0.535. The lowest BCUT2D eigenvalue weighted by Gasteiger charge is -2.23. The minimum absolute atomic E-state index is 0.0487. The van der Waals surface area contributed by atoms with Gasteiger partial charge in [0.25, 0.3) is 5.91 Å². The topological polar surface area (TPSA) is 108 Å². The summed E-state index contributed by atoms with van der Waals surface area (Å²) in [5.74, 6) is -0.928. The minimum atomic E-state index is -0.474. The van der Waals surface area contributed by atoms with Crippen LogP contribution in [0.1, 0.15) is 62.1 Å². The molecule has 0 atom stereocenters. The molecular weight excluding hydrogens is 420 g/mol. The Morgan fingerprint density at radius 3 is 2.27 bits per heavy atom. The van der Waals surface area contributed by atoms with Crippen LogP contribution in [0.5, 0.6) is 0 Å². The number of aromatic nitrogens is 2. The zero-order chi connectivity index (χ0) is 23.5. The van der Waals surface area contributed by atoms with E-state index in [-0.39, 0.29) is 11.9 Å². The fourth-order valence-corrected chi connectivity index (χ4v) is 3.71. The van der Waals surface area contributed by atoms with Crippen molar-refractivity contribution in [1.29, 1.82) is 0 Å². The molecule has 3 aromatic rings. The van der Waals surface area contributed by atoms with Crippen LogP contribution in [0.2, 0.25) is 0 Å². The highest BCUT2D eigenvalue weighted by molar-refractivity contribution is 5.95. The first kappa shape index (κ1) is 22.3. The lowest BCUT2D eigenvalue weighted by Crippen LogP contribution is -2.32. The second kappa shape index (κ2) is 9.28. The van der Waals surface area contributed by atoms with Crippen molar-refractivity contribution in [2.45, 2.75) is 39.3 Å². The zero-order valence-corrected chi connectivity index (χ0v) is 18.7. The van der Waals surface area contributed by atoms with Crippen molar-refractivity contribution in [2.24, 2.45) is 5.73 Å². The van der Waals surface area contributed by atoms with E-state index in [1.807, 2.05) is 29.2 Å². The van der Waals surface area contributed by atoms with Crippen molar-refractivity contribution in [2.75, 3.05) is 6.61 Å². The molecule has 4 rings (SSSR count). The number of primary amides is 1. The van der Waals surface area contributed by atoms with Crippen LogP contribution in [-0.2, 0) is 11.3 Å². The summed E-state index contributed by atoms with van der Waals surface area (Å²) in [6, 6.07) is 14.4. The van der Waals surface area contributed by atoms with E-state index in [9.17, 15) is 14.4 Å². The second-order valence-electron chi connectivity index (χ2n) is 8.05. The summed E-state index contributed by atoms with van der Waals surface area (Å²) in [5, 5.41) is 4.30. The number of amides is 2. The fraction of sp³-hybridized carbons (Fsp3) is 0.280. The van der Waals surface area contributed by atoms with Gasteiger partial charge in [0.1, 0.15) is 5.56 Å². The van der Waals surface area contributed by atoms with E-state index in [4.69, 9.17) is 10.5 Å². The smallest absolute Gasteiger partial charge is 0.341 e. The molecule has 0 unspecified atom stereocenters. The third kappa shape index (κ3) is 4.79.